The maximum Gasteiger partial charge on any atom is 0.416 e. The molecule has 0 atom stereocenters. The monoisotopic (exact) mass is 392 g/mol. The second-order valence-corrected chi connectivity index (χ2v) is 6.81. The van der Waals surface area contributed by atoms with Gasteiger partial charge in [0, 0.05) is 11.6 Å². The summed E-state index contributed by atoms with van der Waals surface area (Å²) in [4.78, 5) is 16.7. The number of halogens is 4. The molecule has 5 nitrogen and oxygen atoms in total. The number of amides is 1. The Kier molecular flexibility index (Phi) is 4.52. The van der Waals surface area contributed by atoms with E-state index < -0.39 is 29.2 Å². The number of nitrogens with one attached hydrogen (secondary N) is 1. The molecule has 28 heavy (non-hydrogen) atoms. The molecule has 0 saturated heterocycles. The molecule has 3 aromatic rings. The Morgan fingerprint density at radius 3 is 2.61 bits per heavy atom. The first-order chi connectivity index (χ1) is 13.3. The second-order valence-electron chi connectivity index (χ2n) is 6.81. The Morgan fingerprint density at radius 2 is 1.89 bits per heavy atom. The van der Waals surface area contributed by atoms with Crippen LogP contribution in [0.25, 0.3) is 11.0 Å². The molecule has 146 valence electrons. The first-order valence-electron chi connectivity index (χ1n) is 8.84. The van der Waals surface area contributed by atoms with Gasteiger partial charge in [0.15, 0.2) is 5.65 Å². The van der Waals surface area contributed by atoms with E-state index in [2.05, 4.69) is 15.4 Å². The van der Waals surface area contributed by atoms with Crippen molar-refractivity contribution in [2.24, 2.45) is 0 Å². The molecule has 0 spiro atoms. The highest BCUT2D eigenvalue weighted by Crippen LogP contribution is 2.33. The van der Waals surface area contributed by atoms with E-state index in [0.717, 1.165) is 25.7 Å². The van der Waals surface area contributed by atoms with E-state index in [1.54, 1.807) is 12.3 Å². The van der Waals surface area contributed by atoms with E-state index in [4.69, 9.17) is 0 Å². The van der Waals surface area contributed by atoms with Gasteiger partial charge in [-0.05, 0) is 37.1 Å². The maximum atomic E-state index is 13.9. The highest BCUT2D eigenvalue weighted by atomic mass is 19.4. The van der Waals surface area contributed by atoms with Crippen LogP contribution in [-0.4, -0.2) is 20.7 Å². The summed E-state index contributed by atoms with van der Waals surface area (Å²) in [7, 11) is 0. The van der Waals surface area contributed by atoms with Gasteiger partial charge < -0.3 is 5.32 Å². The summed E-state index contributed by atoms with van der Waals surface area (Å²) in [6, 6.07) is 3.68. The maximum absolute atomic E-state index is 13.9. The number of benzene rings is 1. The molecule has 2 aromatic heterocycles. The van der Waals surface area contributed by atoms with E-state index in [1.165, 1.54) is 6.20 Å². The van der Waals surface area contributed by atoms with Gasteiger partial charge in [-0.25, -0.2) is 14.1 Å². The van der Waals surface area contributed by atoms with Crippen LogP contribution in [0.1, 0.15) is 47.6 Å². The third-order valence-electron chi connectivity index (χ3n) is 4.91. The summed E-state index contributed by atoms with van der Waals surface area (Å²) >= 11 is 0. The molecule has 1 amide bonds. The van der Waals surface area contributed by atoms with Crippen LogP contribution in [0.15, 0.2) is 36.7 Å². The smallest absolute Gasteiger partial charge is 0.319 e. The standard InChI is InChI=1S/C19H16F4N4O/c20-15-6-5-13(19(21,22)23)8-16(15)26-18(28)12-7-11-10-25-27(17(11)24-9-12)14-3-1-2-4-14/h5-10,14H,1-4H2,(H,26,28). The van der Waals surface area contributed by atoms with Gasteiger partial charge >= 0.3 is 6.18 Å². The predicted octanol–water partition coefficient (Wildman–Crippen LogP) is 4.96. The second kappa shape index (κ2) is 6.88. The SMILES string of the molecule is O=C(Nc1cc(C(F)(F)F)ccc1F)c1cnc2c(cnn2C2CCCC2)c1. The van der Waals surface area contributed by atoms with Crippen LogP contribution in [0.4, 0.5) is 23.2 Å². The van der Waals surface area contributed by atoms with Gasteiger partial charge in [0.2, 0.25) is 0 Å². The molecular weight excluding hydrogens is 376 g/mol. The van der Waals surface area contributed by atoms with Gasteiger partial charge in [-0.1, -0.05) is 12.8 Å². The number of pyridine rings is 1. The number of aromatic nitrogens is 3. The Labute approximate surface area is 157 Å². The van der Waals surface area contributed by atoms with Crippen molar-refractivity contribution in [1.82, 2.24) is 14.8 Å². The van der Waals surface area contributed by atoms with E-state index in [1.807, 2.05) is 4.68 Å². The number of carbonyl (C=O) groups excluding carboxylic acids is 1. The third kappa shape index (κ3) is 3.44. The van der Waals surface area contributed by atoms with Crippen molar-refractivity contribution in [1.29, 1.82) is 0 Å². The number of nitrogens with zero attached hydrogens (tertiary/aromatic N) is 3. The third-order valence-corrected chi connectivity index (χ3v) is 4.91. The van der Waals surface area contributed by atoms with Crippen molar-refractivity contribution < 1.29 is 22.4 Å². The number of fused-ring (bicyclic) bond motifs is 1. The molecule has 1 saturated carbocycles. The average Bonchev–Trinajstić information content (AvgIpc) is 3.30. The summed E-state index contributed by atoms with van der Waals surface area (Å²) in [6.45, 7) is 0. The average molecular weight is 392 g/mol. The first-order valence-corrected chi connectivity index (χ1v) is 8.84. The fourth-order valence-corrected chi connectivity index (χ4v) is 3.47. The van der Waals surface area contributed by atoms with E-state index in [-0.39, 0.29) is 11.6 Å². The summed E-state index contributed by atoms with van der Waals surface area (Å²) in [5.74, 6) is -1.70. The Bertz CT molecular complexity index is 1040. The van der Waals surface area contributed by atoms with Crippen molar-refractivity contribution in [3.63, 3.8) is 0 Å². The molecule has 0 bridgehead atoms. The summed E-state index contributed by atoms with van der Waals surface area (Å²) < 4.78 is 54.1. The van der Waals surface area contributed by atoms with E-state index in [9.17, 15) is 22.4 Å². The van der Waals surface area contributed by atoms with Crippen molar-refractivity contribution in [2.75, 3.05) is 5.32 Å². The number of rotatable bonds is 3. The van der Waals surface area contributed by atoms with Crippen molar-refractivity contribution in [3.05, 3.63) is 53.6 Å². The normalized spacial score (nSPS) is 15.3. The highest BCUT2D eigenvalue weighted by molar-refractivity contribution is 6.05. The lowest BCUT2D eigenvalue weighted by Crippen LogP contribution is -2.15. The lowest BCUT2D eigenvalue weighted by atomic mass is 10.1. The molecule has 1 N–H and O–H groups in total. The summed E-state index contributed by atoms with van der Waals surface area (Å²) in [6.07, 6.45) is 2.59. The summed E-state index contributed by atoms with van der Waals surface area (Å²) in [5, 5.41) is 7.18. The molecule has 0 unspecified atom stereocenters. The first kappa shape index (κ1) is 18.4. The molecule has 1 aliphatic carbocycles. The highest BCUT2D eigenvalue weighted by Gasteiger charge is 2.31. The number of anilines is 1. The molecule has 2 heterocycles. The van der Waals surface area contributed by atoms with Gasteiger partial charge in [0.05, 0.1) is 29.1 Å². The van der Waals surface area contributed by atoms with E-state index >= 15 is 0 Å². The minimum absolute atomic E-state index is 0.107. The zero-order chi connectivity index (χ0) is 19.9. The van der Waals surface area contributed by atoms with Crippen molar-refractivity contribution in [3.8, 4) is 0 Å². The number of carbonyl (C=O) groups is 1. The summed E-state index contributed by atoms with van der Waals surface area (Å²) in [5.41, 5.74) is -0.832. The molecule has 1 fully saturated rings. The molecule has 1 aromatic carbocycles. The lowest BCUT2D eigenvalue weighted by Gasteiger charge is -2.12. The number of hydrogen-bond donors (Lipinski definition) is 1. The minimum Gasteiger partial charge on any atom is -0.319 e. The van der Waals surface area contributed by atoms with Gasteiger partial charge in [0.25, 0.3) is 5.91 Å². The minimum atomic E-state index is -4.64. The van der Waals surface area contributed by atoms with Crippen LogP contribution in [0, 0.1) is 5.82 Å². The Morgan fingerprint density at radius 1 is 1.14 bits per heavy atom. The van der Waals surface area contributed by atoms with Crippen LogP contribution >= 0.6 is 0 Å². The Hall–Kier alpha value is -2.97. The fraction of sp³-hybridized carbons (Fsp3) is 0.316. The van der Waals surface area contributed by atoms with Gasteiger partial charge in [0.1, 0.15) is 5.82 Å². The van der Waals surface area contributed by atoms with Gasteiger partial charge in [-0.15, -0.1) is 0 Å². The quantitative estimate of drug-likeness (QED) is 0.641. The van der Waals surface area contributed by atoms with Crippen molar-refractivity contribution in [2.45, 2.75) is 37.9 Å². The van der Waals surface area contributed by atoms with Crippen LogP contribution in [0.2, 0.25) is 0 Å². The molecule has 0 aliphatic heterocycles. The van der Waals surface area contributed by atoms with Crippen molar-refractivity contribution >= 4 is 22.6 Å². The fourth-order valence-electron chi connectivity index (χ4n) is 3.47. The molecular formula is C19H16F4N4O. The largest absolute Gasteiger partial charge is 0.416 e. The van der Waals surface area contributed by atoms with Gasteiger partial charge in [-0.2, -0.15) is 18.3 Å². The van der Waals surface area contributed by atoms with Crippen LogP contribution in [0.3, 0.4) is 0 Å². The molecule has 9 heteroatoms. The zero-order valence-electron chi connectivity index (χ0n) is 14.6. The van der Waals surface area contributed by atoms with Crippen LogP contribution in [-0.2, 0) is 6.18 Å². The predicted molar refractivity (Wildman–Crippen MR) is 94.4 cm³/mol. The van der Waals surface area contributed by atoms with Crippen LogP contribution < -0.4 is 5.32 Å². The zero-order valence-corrected chi connectivity index (χ0v) is 14.6. The van der Waals surface area contributed by atoms with Crippen LogP contribution in [0.5, 0.6) is 0 Å². The Balaban J connectivity index is 1.59. The van der Waals surface area contributed by atoms with E-state index in [0.29, 0.717) is 29.2 Å². The molecule has 1 aliphatic rings. The number of alkyl halides is 3. The molecule has 4 rings (SSSR count). The molecule has 0 radical (unpaired) electrons. The topological polar surface area (TPSA) is 59.8 Å². The number of hydrogen-bond acceptors (Lipinski definition) is 3. The van der Waals surface area contributed by atoms with Gasteiger partial charge in [-0.3, -0.25) is 4.79 Å². The lowest BCUT2D eigenvalue weighted by molar-refractivity contribution is -0.137.